The first-order chi connectivity index (χ1) is 10.5. The number of aromatic nitrogens is 2. The van der Waals surface area contributed by atoms with E-state index in [1.54, 1.807) is 10.9 Å². The predicted molar refractivity (Wildman–Crippen MR) is 82.1 cm³/mol. The topological polar surface area (TPSA) is 99.2 Å². The first kappa shape index (κ1) is 15.6. The number of ether oxygens (including phenoxy) is 1. The van der Waals surface area contributed by atoms with Gasteiger partial charge in [-0.2, -0.15) is 5.10 Å². The summed E-state index contributed by atoms with van der Waals surface area (Å²) in [5, 5.41) is 7.01. The Morgan fingerprint density at radius 2 is 2.18 bits per heavy atom. The van der Waals surface area contributed by atoms with Crippen molar-refractivity contribution in [2.75, 3.05) is 11.9 Å². The van der Waals surface area contributed by atoms with Crippen molar-refractivity contribution in [2.24, 2.45) is 5.73 Å². The third-order valence-corrected chi connectivity index (χ3v) is 2.93. The van der Waals surface area contributed by atoms with Crippen molar-refractivity contribution >= 4 is 17.7 Å². The van der Waals surface area contributed by atoms with Crippen molar-refractivity contribution in [2.45, 2.75) is 19.9 Å². The van der Waals surface area contributed by atoms with E-state index in [9.17, 15) is 9.59 Å². The van der Waals surface area contributed by atoms with Gasteiger partial charge in [0.2, 0.25) is 5.91 Å². The third-order valence-electron chi connectivity index (χ3n) is 2.93. The van der Waals surface area contributed by atoms with E-state index in [-0.39, 0.29) is 12.5 Å². The van der Waals surface area contributed by atoms with Crippen LogP contribution in [0, 0.1) is 0 Å². The maximum absolute atomic E-state index is 11.1. The fraction of sp³-hybridized carbons (Fsp3) is 0.267. The highest BCUT2D eigenvalue weighted by molar-refractivity contribution is 5.89. The van der Waals surface area contributed by atoms with Gasteiger partial charge in [-0.1, -0.05) is 12.1 Å². The first-order valence-electron chi connectivity index (χ1n) is 6.87. The molecular weight excluding hydrogens is 284 g/mol. The molecule has 1 heterocycles. The zero-order chi connectivity index (χ0) is 15.9. The summed E-state index contributed by atoms with van der Waals surface area (Å²) in [4.78, 5) is 21.5. The Morgan fingerprint density at radius 3 is 2.91 bits per heavy atom. The number of nitrogens with two attached hydrogens (primary N) is 1. The summed E-state index contributed by atoms with van der Waals surface area (Å²) in [5.74, 6) is -0.109. The van der Waals surface area contributed by atoms with Crippen LogP contribution in [-0.4, -0.2) is 28.4 Å². The van der Waals surface area contributed by atoms with Gasteiger partial charge >= 0.3 is 6.09 Å². The minimum absolute atomic E-state index is 0.109. The van der Waals surface area contributed by atoms with E-state index >= 15 is 0 Å². The van der Waals surface area contributed by atoms with E-state index in [1.165, 1.54) is 6.92 Å². The zero-order valence-corrected chi connectivity index (χ0v) is 12.3. The molecule has 2 aromatic rings. The first-order valence-corrected chi connectivity index (χ1v) is 6.87. The molecule has 0 spiro atoms. The molecule has 0 radical (unpaired) electrons. The molecule has 3 N–H and O–H groups in total. The molecule has 0 atom stereocenters. The highest BCUT2D eigenvalue weighted by Crippen LogP contribution is 2.22. The lowest BCUT2D eigenvalue weighted by atomic mass is 10.1. The Bertz CT molecular complexity index is 666. The van der Waals surface area contributed by atoms with Gasteiger partial charge in [-0.15, -0.1) is 0 Å². The van der Waals surface area contributed by atoms with Gasteiger partial charge in [0.05, 0.1) is 12.8 Å². The van der Waals surface area contributed by atoms with Gasteiger partial charge in [-0.05, 0) is 17.7 Å². The second-order valence-corrected chi connectivity index (χ2v) is 4.78. The summed E-state index contributed by atoms with van der Waals surface area (Å²) in [5.41, 5.74) is 7.54. The fourth-order valence-electron chi connectivity index (χ4n) is 2.01. The van der Waals surface area contributed by atoms with E-state index in [0.717, 1.165) is 16.8 Å². The highest BCUT2D eigenvalue weighted by Gasteiger charge is 2.04. The van der Waals surface area contributed by atoms with Crippen LogP contribution in [0.3, 0.4) is 0 Å². The van der Waals surface area contributed by atoms with Gasteiger partial charge < -0.3 is 15.8 Å². The van der Waals surface area contributed by atoms with Crippen LogP contribution in [0.1, 0.15) is 13.3 Å². The number of rotatable bonds is 6. The van der Waals surface area contributed by atoms with Crippen LogP contribution in [-0.2, 0) is 16.1 Å². The van der Waals surface area contributed by atoms with E-state index < -0.39 is 6.09 Å². The molecule has 2 amide bonds. The highest BCUT2D eigenvalue weighted by atomic mass is 16.5. The van der Waals surface area contributed by atoms with Crippen LogP contribution in [0.15, 0.2) is 36.7 Å². The fourth-order valence-corrected chi connectivity index (χ4v) is 2.01. The van der Waals surface area contributed by atoms with Crippen molar-refractivity contribution in [1.29, 1.82) is 0 Å². The number of nitrogens with one attached hydrogen (secondary N) is 1. The smallest absolute Gasteiger partial charge is 0.404 e. The van der Waals surface area contributed by atoms with Crippen LogP contribution >= 0.6 is 0 Å². The second kappa shape index (κ2) is 7.26. The van der Waals surface area contributed by atoms with Crippen molar-refractivity contribution in [1.82, 2.24) is 9.78 Å². The third kappa shape index (κ3) is 4.62. The maximum Gasteiger partial charge on any atom is 0.404 e. The largest absolute Gasteiger partial charge is 0.450 e. The van der Waals surface area contributed by atoms with Crippen LogP contribution < -0.4 is 11.1 Å². The Balaban J connectivity index is 1.98. The summed E-state index contributed by atoms with van der Waals surface area (Å²) in [6, 6.07) is 7.54. The zero-order valence-electron chi connectivity index (χ0n) is 12.3. The molecule has 0 bridgehead atoms. The molecule has 0 aliphatic heterocycles. The molecule has 2 rings (SSSR count). The molecule has 0 aliphatic rings. The number of aryl methyl sites for hydroxylation is 1. The van der Waals surface area contributed by atoms with Gasteiger partial charge in [0.25, 0.3) is 0 Å². The average molecular weight is 302 g/mol. The quantitative estimate of drug-likeness (QED) is 0.797. The molecule has 0 aliphatic carbocycles. The molecule has 0 fully saturated rings. The number of anilines is 1. The van der Waals surface area contributed by atoms with E-state index in [2.05, 4.69) is 15.2 Å². The molecule has 0 saturated carbocycles. The predicted octanol–water partition coefficient (Wildman–Crippen LogP) is 1.99. The van der Waals surface area contributed by atoms with Gasteiger partial charge in [-0.25, -0.2) is 4.79 Å². The van der Waals surface area contributed by atoms with Crippen molar-refractivity contribution in [3.63, 3.8) is 0 Å². The van der Waals surface area contributed by atoms with Crippen molar-refractivity contribution in [3.8, 4) is 11.1 Å². The number of hydrogen-bond acceptors (Lipinski definition) is 4. The molecule has 1 aromatic carbocycles. The molecule has 22 heavy (non-hydrogen) atoms. The van der Waals surface area contributed by atoms with Crippen LogP contribution in [0.25, 0.3) is 11.1 Å². The lowest BCUT2D eigenvalue weighted by Crippen LogP contribution is -2.14. The standard InChI is InChI=1S/C15H18N4O3/c1-11(20)18-14-5-2-4-12(8-14)13-9-17-19(10-13)6-3-7-22-15(16)21/h2,4-5,8-10H,3,6-7H2,1H3,(H2,16,21)(H,18,20). The summed E-state index contributed by atoms with van der Waals surface area (Å²) in [6.07, 6.45) is 3.52. The van der Waals surface area contributed by atoms with Gasteiger partial charge in [0.15, 0.2) is 0 Å². The molecular formula is C15H18N4O3. The Morgan fingerprint density at radius 1 is 1.36 bits per heavy atom. The van der Waals surface area contributed by atoms with Gasteiger partial charge in [-0.3, -0.25) is 9.48 Å². The van der Waals surface area contributed by atoms with Crippen LogP contribution in [0.4, 0.5) is 10.5 Å². The SMILES string of the molecule is CC(=O)Nc1cccc(-c2cnn(CCCOC(N)=O)c2)c1. The normalized spacial score (nSPS) is 10.2. The van der Waals surface area contributed by atoms with Gasteiger partial charge in [0, 0.05) is 37.3 Å². The van der Waals surface area contributed by atoms with Crippen molar-refractivity contribution in [3.05, 3.63) is 36.7 Å². The number of hydrogen-bond donors (Lipinski definition) is 2. The minimum atomic E-state index is -0.768. The Kier molecular flexibility index (Phi) is 5.13. The number of benzene rings is 1. The average Bonchev–Trinajstić information content (AvgIpc) is 2.92. The molecule has 1 aromatic heterocycles. The number of amides is 2. The summed E-state index contributed by atoms with van der Waals surface area (Å²) in [7, 11) is 0. The summed E-state index contributed by atoms with van der Waals surface area (Å²) >= 11 is 0. The molecule has 7 heteroatoms. The molecule has 7 nitrogen and oxygen atoms in total. The monoisotopic (exact) mass is 302 g/mol. The number of nitrogens with zero attached hydrogens (tertiary/aromatic N) is 2. The number of primary amides is 1. The number of carbonyl (C=O) groups excluding carboxylic acids is 2. The number of carbonyl (C=O) groups is 2. The summed E-state index contributed by atoms with van der Waals surface area (Å²) < 4.78 is 6.43. The van der Waals surface area contributed by atoms with Crippen molar-refractivity contribution < 1.29 is 14.3 Å². The second-order valence-electron chi connectivity index (χ2n) is 4.78. The molecule has 0 unspecified atom stereocenters. The Hall–Kier alpha value is -2.83. The lowest BCUT2D eigenvalue weighted by molar-refractivity contribution is -0.114. The minimum Gasteiger partial charge on any atom is -0.450 e. The van der Waals surface area contributed by atoms with Crippen LogP contribution in [0.2, 0.25) is 0 Å². The summed E-state index contributed by atoms with van der Waals surface area (Å²) in [6.45, 7) is 2.36. The van der Waals surface area contributed by atoms with E-state index in [0.29, 0.717) is 13.0 Å². The van der Waals surface area contributed by atoms with Crippen LogP contribution in [0.5, 0.6) is 0 Å². The Labute approximate surface area is 128 Å². The lowest BCUT2D eigenvalue weighted by Gasteiger charge is -2.04. The van der Waals surface area contributed by atoms with E-state index in [4.69, 9.17) is 5.73 Å². The van der Waals surface area contributed by atoms with Gasteiger partial charge in [0.1, 0.15) is 0 Å². The van der Waals surface area contributed by atoms with E-state index in [1.807, 2.05) is 30.5 Å². The molecule has 0 saturated heterocycles. The molecule has 116 valence electrons. The maximum atomic E-state index is 11.1.